The van der Waals surface area contributed by atoms with E-state index < -0.39 is 5.97 Å². The number of para-hydroxylation sites is 3. The first kappa shape index (κ1) is 27.8. The summed E-state index contributed by atoms with van der Waals surface area (Å²) in [5.41, 5.74) is 8.24. The van der Waals surface area contributed by atoms with E-state index in [0.29, 0.717) is 5.69 Å². The number of benzene rings is 5. The number of carboxylic acid groups (broad SMARTS) is 1. The second-order valence-electron chi connectivity index (χ2n) is 10.0. The molecule has 0 saturated carbocycles. The number of carbonyl (C=O) groups is 1. The van der Waals surface area contributed by atoms with Crippen molar-refractivity contribution < 1.29 is 9.90 Å². The predicted octanol–water partition coefficient (Wildman–Crippen LogP) is 9.97. The van der Waals surface area contributed by atoms with Gasteiger partial charge in [-0.15, -0.1) is 0 Å². The Labute approximate surface area is 256 Å². The van der Waals surface area contributed by atoms with E-state index in [4.69, 9.17) is 6.57 Å². The molecule has 0 radical (unpaired) electrons. The van der Waals surface area contributed by atoms with Crippen molar-refractivity contribution in [3.05, 3.63) is 174 Å². The molecule has 0 bridgehead atoms. The molecule has 0 amide bonds. The minimum Gasteiger partial charge on any atom is -0.486 e. The molecule has 0 unspecified atom stereocenters. The topological polar surface area (TPSA) is 63.9 Å². The molecule has 2 N–H and O–H groups in total. The van der Waals surface area contributed by atoms with Crippen LogP contribution >= 0.6 is 0 Å². The van der Waals surface area contributed by atoms with Crippen molar-refractivity contribution in [3.63, 3.8) is 0 Å². The summed E-state index contributed by atoms with van der Waals surface area (Å²) in [6, 6.07) is 51.3. The number of nitrogens with one attached hydrogen (secondary N) is 1. The van der Waals surface area contributed by atoms with Gasteiger partial charge in [0.25, 0.3) is 5.70 Å². The normalized spacial score (nSPS) is 11.0. The van der Waals surface area contributed by atoms with Gasteiger partial charge in [-0.1, -0.05) is 66.7 Å². The van der Waals surface area contributed by atoms with Gasteiger partial charge in [0.1, 0.15) is 0 Å². The van der Waals surface area contributed by atoms with Crippen molar-refractivity contribution in [1.29, 1.82) is 0 Å². The van der Waals surface area contributed by atoms with E-state index in [0.717, 1.165) is 45.4 Å². The molecule has 212 valence electrons. The third-order valence-corrected chi connectivity index (χ3v) is 7.19. The Morgan fingerprint density at radius 1 is 0.568 bits per heavy atom. The number of hydrogen-bond acceptors (Lipinski definition) is 3. The minimum absolute atomic E-state index is 0.339. The third-order valence-electron chi connectivity index (χ3n) is 7.19. The van der Waals surface area contributed by atoms with Gasteiger partial charge in [0.05, 0.1) is 6.57 Å². The zero-order chi connectivity index (χ0) is 30.3. The molecule has 6 nitrogen and oxygen atoms in total. The van der Waals surface area contributed by atoms with Crippen molar-refractivity contribution in [2.45, 2.75) is 0 Å². The van der Waals surface area contributed by atoms with E-state index in [1.807, 2.05) is 72.8 Å². The monoisotopic (exact) mass is 572 g/mol. The van der Waals surface area contributed by atoms with Crippen LogP contribution in [0.5, 0.6) is 0 Å². The van der Waals surface area contributed by atoms with Crippen LogP contribution in [0.4, 0.5) is 34.1 Å². The van der Waals surface area contributed by atoms with E-state index in [9.17, 15) is 9.90 Å². The highest BCUT2D eigenvalue weighted by atomic mass is 16.4. The van der Waals surface area contributed by atoms with Crippen LogP contribution in [0.25, 0.3) is 22.2 Å². The number of aliphatic carboxylic acids is 1. The van der Waals surface area contributed by atoms with E-state index in [1.165, 1.54) is 6.08 Å². The maximum Gasteiger partial charge on any atom is 0.333 e. The van der Waals surface area contributed by atoms with Gasteiger partial charge in [-0.2, -0.15) is 0 Å². The molecule has 0 atom stereocenters. The molecule has 0 aliphatic rings. The Hall–Kier alpha value is -6.32. The summed E-state index contributed by atoms with van der Waals surface area (Å²) in [5, 5.41) is 9.17. The molecule has 1 heterocycles. The van der Waals surface area contributed by atoms with Crippen LogP contribution in [0.1, 0.15) is 5.69 Å². The highest BCUT2D eigenvalue weighted by Crippen LogP contribution is 2.39. The molecule has 1 aromatic heterocycles. The van der Waals surface area contributed by atoms with Crippen LogP contribution in [-0.2, 0) is 4.79 Å². The summed E-state index contributed by atoms with van der Waals surface area (Å²) in [7, 11) is 0. The fourth-order valence-electron chi connectivity index (χ4n) is 5.12. The van der Waals surface area contributed by atoms with Crippen LogP contribution in [-0.4, -0.2) is 16.1 Å². The number of H-pyrrole nitrogens is 1. The second kappa shape index (κ2) is 12.7. The standard InChI is InChI=1S/C38H28N4O2/c1-39-37(38(43)44)27-29-19-26-36(40-29)28-17-20-33(21-18-28)42(32-15-9-4-10-16-32)35-24-22-34(23-25-35)41(30-11-5-2-6-12-30)31-13-7-3-8-14-31/h2-27,40H,(H,43,44)/b37-27-. The lowest BCUT2D eigenvalue weighted by atomic mass is 10.1. The number of rotatable bonds is 9. The molecule has 5 aromatic carbocycles. The van der Waals surface area contributed by atoms with Crippen LogP contribution < -0.4 is 9.80 Å². The Morgan fingerprint density at radius 3 is 1.34 bits per heavy atom. The van der Waals surface area contributed by atoms with Gasteiger partial charge < -0.3 is 19.9 Å². The van der Waals surface area contributed by atoms with E-state index >= 15 is 0 Å². The highest BCUT2D eigenvalue weighted by molar-refractivity contribution is 5.94. The summed E-state index contributed by atoms with van der Waals surface area (Å²) in [6.07, 6.45) is 1.34. The molecule has 0 spiro atoms. The maximum absolute atomic E-state index is 11.2. The first-order chi connectivity index (χ1) is 21.6. The van der Waals surface area contributed by atoms with Gasteiger partial charge in [-0.3, -0.25) is 4.79 Å². The zero-order valence-electron chi connectivity index (χ0n) is 23.7. The van der Waals surface area contributed by atoms with Crippen LogP contribution in [0.15, 0.2) is 157 Å². The lowest BCUT2D eigenvalue weighted by molar-refractivity contribution is -0.132. The summed E-state index contributed by atoms with van der Waals surface area (Å²) >= 11 is 0. The van der Waals surface area contributed by atoms with Crippen LogP contribution in [0.3, 0.4) is 0 Å². The summed E-state index contributed by atoms with van der Waals surface area (Å²) in [6.45, 7) is 7.08. The average Bonchev–Trinajstić information content (AvgIpc) is 3.55. The smallest absolute Gasteiger partial charge is 0.333 e. The van der Waals surface area contributed by atoms with E-state index in [-0.39, 0.29) is 5.70 Å². The number of aromatic nitrogens is 1. The number of carboxylic acids is 1. The van der Waals surface area contributed by atoms with Gasteiger partial charge in [0.2, 0.25) is 0 Å². The Kier molecular flexibility index (Phi) is 8.02. The quantitative estimate of drug-likeness (QED) is 0.134. The SMILES string of the molecule is [C-]#[N+]/C(=C\c1ccc(-c2ccc(N(c3ccccc3)c3ccc(N(c4ccccc4)c4ccccc4)cc3)cc2)[nH]1)C(=O)O. The van der Waals surface area contributed by atoms with Crippen LogP contribution in [0, 0.1) is 6.57 Å². The largest absolute Gasteiger partial charge is 0.486 e. The van der Waals surface area contributed by atoms with Gasteiger partial charge in [-0.05, 0) is 96.6 Å². The molecule has 44 heavy (non-hydrogen) atoms. The molecule has 0 saturated heterocycles. The number of hydrogen-bond donors (Lipinski definition) is 2. The lowest BCUT2D eigenvalue weighted by Crippen LogP contribution is -2.12. The number of nitrogens with zero attached hydrogens (tertiary/aromatic N) is 3. The van der Waals surface area contributed by atoms with Crippen molar-refractivity contribution >= 4 is 46.2 Å². The van der Waals surface area contributed by atoms with Gasteiger partial charge in [0, 0.05) is 45.5 Å². The second-order valence-corrected chi connectivity index (χ2v) is 10.0. The van der Waals surface area contributed by atoms with E-state index in [1.54, 1.807) is 6.07 Å². The van der Waals surface area contributed by atoms with Gasteiger partial charge in [0.15, 0.2) is 0 Å². The third kappa shape index (κ3) is 5.98. The first-order valence-corrected chi connectivity index (χ1v) is 14.1. The van der Waals surface area contributed by atoms with Crippen molar-refractivity contribution in [1.82, 2.24) is 4.98 Å². The summed E-state index contributed by atoms with van der Waals surface area (Å²) < 4.78 is 0. The van der Waals surface area contributed by atoms with Crippen molar-refractivity contribution in [3.8, 4) is 11.3 Å². The molecule has 6 heteroatoms. The fourth-order valence-corrected chi connectivity index (χ4v) is 5.12. The maximum atomic E-state index is 11.2. The Morgan fingerprint density at radius 2 is 0.955 bits per heavy atom. The minimum atomic E-state index is -1.25. The molecule has 6 aromatic rings. The predicted molar refractivity (Wildman–Crippen MR) is 178 cm³/mol. The molecule has 0 aliphatic carbocycles. The summed E-state index contributed by atoms with van der Waals surface area (Å²) in [5.74, 6) is -1.25. The lowest BCUT2D eigenvalue weighted by Gasteiger charge is -2.28. The number of aromatic amines is 1. The van der Waals surface area contributed by atoms with Gasteiger partial charge >= 0.3 is 5.97 Å². The number of anilines is 6. The van der Waals surface area contributed by atoms with Gasteiger partial charge in [-0.25, -0.2) is 4.85 Å². The highest BCUT2D eigenvalue weighted by Gasteiger charge is 2.16. The Bertz CT molecular complexity index is 1890. The average molecular weight is 573 g/mol. The van der Waals surface area contributed by atoms with Crippen LogP contribution in [0.2, 0.25) is 0 Å². The van der Waals surface area contributed by atoms with Crippen molar-refractivity contribution in [2.75, 3.05) is 9.80 Å². The molecular weight excluding hydrogens is 544 g/mol. The van der Waals surface area contributed by atoms with Crippen molar-refractivity contribution in [2.24, 2.45) is 0 Å². The fraction of sp³-hybridized carbons (Fsp3) is 0. The first-order valence-electron chi connectivity index (χ1n) is 14.1. The van der Waals surface area contributed by atoms with E-state index in [2.05, 4.69) is 92.4 Å². The molecule has 6 rings (SSSR count). The zero-order valence-corrected chi connectivity index (χ0v) is 23.7. The Balaban J connectivity index is 1.33. The molecule has 0 fully saturated rings. The molecular formula is C38H28N4O2. The molecule has 0 aliphatic heterocycles. The summed E-state index contributed by atoms with van der Waals surface area (Å²) in [4.78, 5) is 22.0.